The van der Waals surface area contributed by atoms with Gasteiger partial charge in [0.25, 0.3) is 0 Å². The molecule has 8 heteroatoms. The molecule has 3 aromatic rings. The number of carbonyl (C=O) groups is 1. The number of pyridine rings is 1. The summed E-state index contributed by atoms with van der Waals surface area (Å²) in [4.78, 5) is 15.8. The largest absolute Gasteiger partial charge is 0.453 e. The highest BCUT2D eigenvalue weighted by Crippen LogP contribution is 2.26. The fourth-order valence-electron chi connectivity index (χ4n) is 2.74. The minimum atomic E-state index is -2.45. The summed E-state index contributed by atoms with van der Waals surface area (Å²) in [7, 11) is -1.15. The van der Waals surface area contributed by atoms with Crippen LogP contribution in [0.15, 0.2) is 59.5 Å². The highest BCUT2D eigenvalue weighted by Gasteiger charge is 2.17. The number of nitrogens with one attached hydrogen (secondary N) is 1. The van der Waals surface area contributed by atoms with Gasteiger partial charge in [0.15, 0.2) is 0 Å². The van der Waals surface area contributed by atoms with Crippen LogP contribution in [-0.2, 0) is 9.47 Å². The maximum absolute atomic E-state index is 11.3. The topological polar surface area (TPSA) is 78.3 Å². The van der Waals surface area contributed by atoms with Crippen LogP contribution in [0.5, 0.6) is 0 Å². The molecule has 0 saturated heterocycles. The van der Waals surface area contributed by atoms with Crippen molar-refractivity contribution in [2.45, 2.75) is 12.5 Å². The first-order valence-electron chi connectivity index (χ1n) is 10.00. The molecule has 1 amide bonds. The van der Waals surface area contributed by atoms with E-state index >= 15 is 0 Å². The normalized spacial score (nSPS) is 13.9. The quantitative estimate of drug-likeness (QED) is 0.576. The third-order valence-corrected chi connectivity index (χ3v) is 4.62. The van der Waals surface area contributed by atoms with Crippen LogP contribution >= 0.6 is 15.9 Å². The van der Waals surface area contributed by atoms with Gasteiger partial charge < -0.3 is 9.47 Å². The van der Waals surface area contributed by atoms with Crippen molar-refractivity contribution in [3.63, 3.8) is 0 Å². The molecule has 28 heavy (non-hydrogen) atoms. The van der Waals surface area contributed by atoms with E-state index in [1.165, 1.54) is 7.11 Å². The van der Waals surface area contributed by atoms with E-state index < -0.39 is 13.1 Å². The molecular formula is C20H21BrN4O3. The van der Waals surface area contributed by atoms with Crippen molar-refractivity contribution in [1.29, 1.82) is 0 Å². The minimum Gasteiger partial charge on any atom is -0.453 e. The number of anilines is 1. The maximum Gasteiger partial charge on any atom is 0.411 e. The van der Waals surface area contributed by atoms with Crippen molar-refractivity contribution >= 4 is 27.7 Å². The van der Waals surface area contributed by atoms with Gasteiger partial charge in [-0.1, -0.05) is 12.1 Å². The van der Waals surface area contributed by atoms with Gasteiger partial charge in [0.1, 0.15) is 0 Å². The second-order valence-electron chi connectivity index (χ2n) is 5.96. The Hall–Kier alpha value is -2.71. The first-order valence-corrected chi connectivity index (χ1v) is 9.29. The number of halogens is 1. The van der Waals surface area contributed by atoms with Crippen molar-refractivity contribution < 1.29 is 18.4 Å². The molecule has 0 spiro atoms. The van der Waals surface area contributed by atoms with Crippen LogP contribution in [-0.4, -0.2) is 41.6 Å². The first-order chi connectivity index (χ1) is 14.7. The lowest BCUT2D eigenvalue weighted by atomic mass is 10.1. The van der Waals surface area contributed by atoms with E-state index in [1.807, 2.05) is 30.5 Å². The van der Waals surface area contributed by atoms with Gasteiger partial charge in [-0.15, -0.1) is 0 Å². The zero-order chi connectivity index (χ0) is 22.4. The lowest BCUT2D eigenvalue weighted by Gasteiger charge is -2.17. The average Bonchev–Trinajstić information content (AvgIpc) is 3.21. The fraction of sp³-hybridized carbons (Fsp3) is 0.250. The SMILES string of the molecule is [2H]C([2H])([2H])OCCC(c1ccc(Br)cn1)n1cc(-c2ccc(NC(=O)OC)cc2)cn1. The van der Waals surface area contributed by atoms with Crippen molar-refractivity contribution in [3.8, 4) is 11.1 Å². The van der Waals surface area contributed by atoms with E-state index in [0.29, 0.717) is 12.1 Å². The molecule has 0 aliphatic rings. The third kappa shape index (κ3) is 4.96. The summed E-state index contributed by atoms with van der Waals surface area (Å²) in [5, 5.41) is 7.07. The summed E-state index contributed by atoms with van der Waals surface area (Å²) >= 11 is 3.37. The summed E-state index contributed by atoms with van der Waals surface area (Å²) in [5.74, 6) is 0. The van der Waals surface area contributed by atoms with Crippen molar-refractivity contribution in [3.05, 3.63) is 65.2 Å². The number of hydrogen-bond acceptors (Lipinski definition) is 5. The Morgan fingerprint density at radius 3 is 2.75 bits per heavy atom. The molecule has 146 valence electrons. The van der Waals surface area contributed by atoms with E-state index in [-0.39, 0.29) is 12.6 Å². The van der Waals surface area contributed by atoms with Gasteiger partial charge in [-0.25, -0.2) is 4.79 Å². The Morgan fingerprint density at radius 1 is 1.25 bits per heavy atom. The van der Waals surface area contributed by atoms with Gasteiger partial charge in [-0.05, 0) is 52.2 Å². The van der Waals surface area contributed by atoms with E-state index in [2.05, 4.69) is 36.1 Å². The van der Waals surface area contributed by atoms with Crippen LogP contribution < -0.4 is 5.32 Å². The van der Waals surface area contributed by atoms with Crippen molar-refractivity contribution in [2.75, 3.05) is 26.1 Å². The van der Waals surface area contributed by atoms with Gasteiger partial charge in [-0.3, -0.25) is 15.0 Å². The van der Waals surface area contributed by atoms with Crippen LogP contribution in [0.25, 0.3) is 11.1 Å². The summed E-state index contributed by atoms with van der Waals surface area (Å²) in [6.07, 6.45) is 5.12. The molecule has 0 radical (unpaired) electrons. The smallest absolute Gasteiger partial charge is 0.411 e. The number of carbonyl (C=O) groups excluding carboxylic acids is 1. The van der Waals surface area contributed by atoms with Gasteiger partial charge in [0.05, 0.1) is 29.2 Å². The Labute approximate surface area is 176 Å². The van der Waals surface area contributed by atoms with Crippen LogP contribution in [0.4, 0.5) is 10.5 Å². The van der Waals surface area contributed by atoms with Crippen LogP contribution in [0.2, 0.25) is 0 Å². The number of aromatic nitrogens is 3. The first kappa shape index (κ1) is 16.3. The summed E-state index contributed by atoms with van der Waals surface area (Å²) < 4.78 is 33.8. The van der Waals surface area contributed by atoms with E-state index in [0.717, 1.165) is 21.3 Å². The Morgan fingerprint density at radius 2 is 2.07 bits per heavy atom. The zero-order valence-electron chi connectivity index (χ0n) is 18.1. The number of amides is 1. The predicted molar refractivity (Wildman–Crippen MR) is 110 cm³/mol. The molecule has 0 bridgehead atoms. The number of hydrogen-bond donors (Lipinski definition) is 1. The molecule has 1 aromatic carbocycles. The minimum absolute atomic E-state index is 0.0298. The van der Waals surface area contributed by atoms with Crippen LogP contribution in [0, 0.1) is 0 Å². The Balaban J connectivity index is 1.80. The highest BCUT2D eigenvalue weighted by atomic mass is 79.9. The van der Waals surface area contributed by atoms with Gasteiger partial charge >= 0.3 is 6.09 Å². The molecule has 1 atom stereocenters. The van der Waals surface area contributed by atoms with E-state index in [1.54, 1.807) is 29.2 Å². The number of nitrogens with zero attached hydrogens (tertiary/aromatic N) is 3. The zero-order valence-corrected chi connectivity index (χ0v) is 16.7. The van der Waals surface area contributed by atoms with Gasteiger partial charge in [0, 0.05) is 41.8 Å². The molecule has 3 rings (SSSR count). The number of ether oxygens (including phenoxy) is 2. The van der Waals surface area contributed by atoms with Crippen molar-refractivity contribution in [1.82, 2.24) is 14.8 Å². The van der Waals surface area contributed by atoms with Crippen molar-refractivity contribution in [2.24, 2.45) is 0 Å². The highest BCUT2D eigenvalue weighted by molar-refractivity contribution is 9.10. The van der Waals surface area contributed by atoms with Gasteiger partial charge in [-0.2, -0.15) is 5.10 Å². The molecule has 2 aromatic heterocycles. The predicted octanol–water partition coefficient (Wildman–Crippen LogP) is 4.51. The molecule has 7 nitrogen and oxygen atoms in total. The Bertz CT molecular complexity index is 1010. The number of rotatable bonds is 7. The molecule has 0 saturated carbocycles. The average molecular weight is 448 g/mol. The Kier molecular flexibility index (Phi) is 5.50. The summed E-state index contributed by atoms with van der Waals surface area (Å²) in [6.45, 7) is 0.0298. The standard InChI is InChI=1S/C20H21BrN4O3/c1-27-10-9-19(18-8-5-16(21)12-22-18)25-13-15(11-23-25)14-3-6-17(7-4-14)24-20(26)28-2/h3-8,11-13,19H,9-10H2,1-2H3,(H,24,26)/i1D3. The third-order valence-electron chi connectivity index (χ3n) is 4.16. The molecular weight excluding hydrogens is 424 g/mol. The van der Waals surface area contributed by atoms with Crippen LogP contribution in [0.1, 0.15) is 22.3 Å². The molecule has 1 N–H and O–H groups in total. The molecule has 2 heterocycles. The van der Waals surface area contributed by atoms with Gasteiger partial charge in [0.2, 0.25) is 0 Å². The van der Waals surface area contributed by atoms with Crippen LogP contribution in [0.3, 0.4) is 0 Å². The summed E-state index contributed by atoms with van der Waals surface area (Å²) in [5.41, 5.74) is 3.12. The molecule has 0 aliphatic carbocycles. The molecule has 0 fully saturated rings. The second-order valence-corrected chi connectivity index (χ2v) is 6.87. The number of methoxy groups -OCH3 is 2. The van der Waals surface area contributed by atoms with E-state index in [4.69, 9.17) is 8.85 Å². The molecule has 1 unspecified atom stereocenters. The van der Waals surface area contributed by atoms with E-state index in [9.17, 15) is 4.79 Å². The maximum atomic E-state index is 11.3. The number of benzene rings is 1. The lowest BCUT2D eigenvalue weighted by molar-refractivity contribution is 0.181. The second kappa shape index (κ2) is 9.48. The monoisotopic (exact) mass is 447 g/mol. The summed E-state index contributed by atoms with van der Waals surface area (Å²) in [6, 6.07) is 10.7. The fourth-order valence-corrected chi connectivity index (χ4v) is 2.98. The lowest BCUT2D eigenvalue weighted by Crippen LogP contribution is -2.14. The molecule has 0 aliphatic heterocycles.